The molecule has 0 saturated carbocycles. The first-order chi connectivity index (χ1) is 5.79. The SMILES string of the molecule is CCC(C)N1CCNCC1C=O. The van der Waals surface area contributed by atoms with Crippen molar-refractivity contribution in [1.82, 2.24) is 10.2 Å². The average molecular weight is 170 g/mol. The lowest BCUT2D eigenvalue weighted by molar-refractivity contribution is -0.113. The van der Waals surface area contributed by atoms with Gasteiger partial charge in [0, 0.05) is 25.7 Å². The molecular formula is C9H18N2O. The zero-order chi connectivity index (χ0) is 8.97. The quantitative estimate of drug-likeness (QED) is 0.617. The second kappa shape index (κ2) is 4.58. The van der Waals surface area contributed by atoms with Crippen LogP contribution in [0.25, 0.3) is 0 Å². The number of carbonyl (C=O) groups is 1. The highest BCUT2D eigenvalue weighted by Crippen LogP contribution is 2.09. The third-order valence-corrected chi connectivity index (χ3v) is 2.64. The van der Waals surface area contributed by atoms with Gasteiger partial charge in [0.2, 0.25) is 0 Å². The van der Waals surface area contributed by atoms with Gasteiger partial charge in [0.25, 0.3) is 0 Å². The molecule has 1 aliphatic rings. The van der Waals surface area contributed by atoms with E-state index in [1.54, 1.807) is 0 Å². The van der Waals surface area contributed by atoms with Crippen molar-refractivity contribution in [2.24, 2.45) is 0 Å². The Kier molecular flexibility index (Phi) is 3.69. The predicted octanol–water partition coefficient (Wildman–Crippen LogP) is 0.258. The summed E-state index contributed by atoms with van der Waals surface area (Å²) in [6, 6.07) is 0.621. The van der Waals surface area contributed by atoms with Crippen LogP contribution in [-0.2, 0) is 4.79 Å². The van der Waals surface area contributed by atoms with Gasteiger partial charge in [0.15, 0.2) is 0 Å². The van der Waals surface area contributed by atoms with Gasteiger partial charge in [0.05, 0.1) is 6.04 Å². The fraction of sp³-hybridized carbons (Fsp3) is 0.889. The summed E-state index contributed by atoms with van der Waals surface area (Å²) in [6.07, 6.45) is 2.17. The molecular weight excluding hydrogens is 152 g/mol. The molecule has 0 aromatic heterocycles. The minimum absolute atomic E-state index is 0.0914. The molecule has 1 rings (SSSR count). The Morgan fingerprint density at radius 1 is 1.75 bits per heavy atom. The standard InChI is InChI=1S/C9H18N2O/c1-3-8(2)11-5-4-10-6-9(11)7-12/h7-10H,3-6H2,1-2H3. The topological polar surface area (TPSA) is 32.3 Å². The van der Waals surface area contributed by atoms with Crippen LogP contribution in [0.1, 0.15) is 20.3 Å². The number of nitrogens with one attached hydrogen (secondary N) is 1. The van der Waals surface area contributed by atoms with E-state index in [2.05, 4.69) is 24.1 Å². The smallest absolute Gasteiger partial charge is 0.138 e. The molecule has 1 heterocycles. The zero-order valence-corrected chi connectivity index (χ0v) is 7.92. The maximum atomic E-state index is 10.7. The van der Waals surface area contributed by atoms with Crippen LogP contribution in [0.4, 0.5) is 0 Å². The zero-order valence-electron chi connectivity index (χ0n) is 7.92. The van der Waals surface area contributed by atoms with Gasteiger partial charge in [-0.2, -0.15) is 0 Å². The fourth-order valence-corrected chi connectivity index (χ4v) is 1.65. The van der Waals surface area contributed by atoms with Crippen molar-refractivity contribution in [1.29, 1.82) is 0 Å². The van der Waals surface area contributed by atoms with Crippen LogP contribution in [0.5, 0.6) is 0 Å². The molecule has 12 heavy (non-hydrogen) atoms. The number of aldehydes is 1. The van der Waals surface area contributed by atoms with Crippen LogP contribution in [0.3, 0.4) is 0 Å². The Bertz CT molecular complexity index is 149. The van der Waals surface area contributed by atoms with Crippen molar-refractivity contribution in [3.63, 3.8) is 0 Å². The third kappa shape index (κ3) is 2.05. The molecule has 3 nitrogen and oxygen atoms in total. The Balaban J connectivity index is 2.51. The number of rotatable bonds is 3. The molecule has 70 valence electrons. The van der Waals surface area contributed by atoms with E-state index in [4.69, 9.17) is 0 Å². The fourth-order valence-electron chi connectivity index (χ4n) is 1.65. The normalized spacial score (nSPS) is 28.3. The summed E-state index contributed by atoms with van der Waals surface area (Å²) in [6.45, 7) is 7.16. The van der Waals surface area contributed by atoms with Crippen molar-refractivity contribution >= 4 is 6.29 Å². The van der Waals surface area contributed by atoms with E-state index in [1.807, 2.05) is 0 Å². The maximum absolute atomic E-state index is 10.7. The molecule has 2 atom stereocenters. The van der Waals surface area contributed by atoms with Crippen LogP contribution < -0.4 is 5.32 Å². The largest absolute Gasteiger partial charge is 0.313 e. The van der Waals surface area contributed by atoms with E-state index in [0.29, 0.717) is 6.04 Å². The average Bonchev–Trinajstić information content (AvgIpc) is 2.16. The van der Waals surface area contributed by atoms with Gasteiger partial charge in [-0.25, -0.2) is 0 Å². The van der Waals surface area contributed by atoms with Gasteiger partial charge >= 0.3 is 0 Å². The molecule has 0 aromatic carbocycles. The van der Waals surface area contributed by atoms with Crippen molar-refractivity contribution in [3.05, 3.63) is 0 Å². The molecule has 1 N–H and O–H groups in total. The Morgan fingerprint density at radius 3 is 3.08 bits per heavy atom. The Morgan fingerprint density at radius 2 is 2.50 bits per heavy atom. The molecule has 2 unspecified atom stereocenters. The van der Waals surface area contributed by atoms with E-state index in [-0.39, 0.29) is 6.04 Å². The van der Waals surface area contributed by atoms with Crippen molar-refractivity contribution in [2.75, 3.05) is 19.6 Å². The minimum Gasteiger partial charge on any atom is -0.313 e. The molecule has 0 spiro atoms. The van der Waals surface area contributed by atoms with Gasteiger partial charge < -0.3 is 10.1 Å². The van der Waals surface area contributed by atoms with Gasteiger partial charge in [-0.05, 0) is 13.3 Å². The monoisotopic (exact) mass is 170 g/mol. The van der Waals surface area contributed by atoms with Crippen molar-refractivity contribution in [3.8, 4) is 0 Å². The number of piperazine rings is 1. The molecule has 0 radical (unpaired) electrons. The second-order valence-electron chi connectivity index (χ2n) is 3.40. The Hall–Kier alpha value is -0.410. The second-order valence-corrected chi connectivity index (χ2v) is 3.40. The lowest BCUT2D eigenvalue weighted by Gasteiger charge is -2.37. The summed E-state index contributed by atoms with van der Waals surface area (Å²) in [5, 5.41) is 3.22. The van der Waals surface area contributed by atoms with E-state index >= 15 is 0 Å². The van der Waals surface area contributed by atoms with Crippen LogP contribution in [-0.4, -0.2) is 42.9 Å². The molecule has 1 saturated heterocycles. The van der Waals surface area contributed by atoms with Gasteiger partial charge in [-0.1, -0.05) is 6.92 Å². The first kappa shape index (κ1) is 9.68. The summed E-state index contributed by atoms with van der Waals surface area (Å²) in [7, 11) is 0. The van der Waals surface area contributed by atoms with Gasteiger partial charge in [-0.15, -0.1) is 0 Å². The molecule has 0 aromatic rings. The number of hydrogen-bond acceptors (Lipinski definition) is 3. The summed E-state index contributed by atoms with van der Waals surface area (Å²) in [5.41, 5.74) is 0. The maximum Gasteiger partial charge on any atom is 0.138 e. The van der Waals surface area contributed by atoms with E-state index < -0.39 is 0 Å². The van der Waals surface area contributed by atoms with Crippen molar-refractivity contribution < 1.29 is 4.79 Å². The molecule has 1 aliphatic heterocycles. The van der Waals surface area contributed by atoms with Crippen molar-refractivity contribution in [2.45, 2.75) is 32.4 Å². The van der Waals surface area contributed by atoms with Crippen LogP contribution >= 0.6 is 0 Å². The molecule has 0 aliphatic carbocycles. The number of carbonyl (C=O) groups excluding carboxylic acids is 1. The predicted molar refractivity (Wildman–Crippen MR) is 49.2 cm³/mol. The van der Waals surface area contributed by atoms with Gasteiger partial charge in [0.1, 0.15) is 6.29 Å². The number of nitrogens with zero attached hydrogens (tertiary/aromatic N) is 1. The van der Waals surface area contributed by atoms with Crippen LogP contribution in [0.2, 0.25) is 0 Å². The minimum atomic E-state index is 0.0914. The summed E-state index contributed by atoms with van der Waals surface area (Å²) in [5.74, 6) is 0. The molecule has 0 bridgehead atoms. The molecule has 3 heteroatoms. The molecule has 0 amide bonds. The Labute approximate surface area is 74.1 Å². The van der Waals surface area contributed by atoms with E-state index in [1.165, 1.54) is 0 Å². The first-order valence-electron chi connectivity index (χ1n) is 4.71. The van der Waals surface area contributed by atoms with Gasteiger partial charge in [-0.3, -0.25) is 4.90 Å². The third-order valence-electron chi connectivity index (χ3n) is 2.64. The summed E-state index contributed by atoms with van der Waals surface area (Å²) in [4.78, 5) is 13.0. The van der Waals surface area contributed by atoms with Crippen LogP contribution in [0, 0.1) is 0 Å². The highest BCUT2D eigenvalue weighted by Gasteiger charge is 2.24. The van der Waals surface area contributed by atoms with Crippen LogP contribution in [0.15, 0.2) is 0 Å². The molecule has 1 fully saturated rings. The van der Waals surface area contributed by atoms with E-state index in [0.717, 1.165) is 32.3 Å². The lowest BCUT2D eigenvalue weighted by atomic mass is 10.1. The highest BCUT2D eigenvalue weighted by atomic mass is 16.1. The van der Waals surface area contributed by atoms with E-state index in [9.17, 15) is 4.79 Å². The first-order valence-corrected chi connectivity index (χ1v) is 4.71. The number of hydrogen-bond donors (Lipinski definition) is 1. The highest BCUT2D eigenvalue weighted by molar-refractivity contribution is 5.58. The summed E-state index contributed by atoms with van der Waals surface area (Å²) >= 11 is 0. The lowest BCUT2D eigenvalue weighted by Crippen LogP contribution is -2.55. The summed E-state index contributed by atoms with van der Waals surface area (Å²) < 4.78 is 0.